The number of aromatic nitrogens is 5. The summed E-state index contributed by atoms with van der Waals surface area (Å²) < 4.78 is 15.2. The van der Waals surface area contributed by atoms with E-state index in [0.717, 1.165) is 33.0 Å². The van der Waals surface area contributed by atoms with Gasteiger partial charge in [-0.1, -0.05) is 24.3 Å². The number of para-hydroxylation sites is 2. The third-order valence-corrected chi connectivity index (χ3v) is 7.26. The number of benzene rings is 2. The van der Waals surface area contributed by atoms with Gasteiger partial charge >= 0.3 is 0 Å². The summed E-state index contributed by atoms with van der Waals surface area (Å²) in [4.78, 5) is 34.1. The summed E-state index contributed by atoms with van der Waals surface area (Å²) in [5, 5.41) is 9.15. The molecule has 10 heteroatoms. The number of aryl methyl sites for hydroxylation is 3. The van der Waals surface area contributed by atoms with Crippen LogP contribution in [0.1, 0.15) is 37.7 Å². The fourth-order valence-corrected chi connectivity index (χ4v) is 5.46. The number of carbonyl (C=O) groups excluding carboxylic acids is 2. The normalized spacial score (nSPS) is 12.8. The van der Waals surface area contributed by atoms with Gasteiger partial charge in [0.05, 0.1) is 11.4 Å². The van der Waals surface area contributed by atoms with E-state index < -0.39 is 11.8 Å². The van der Waals surface area contributed by atoms with Crippen molar-refractivity contribution in [3.8, 4) is 34.0 Å². The van der Waals surface area contributed by atoms with E-state index in [2.05, 4.69) is 15.2 Å². The van der Waals surface area contributed by atoms with E-state index in [1.54, 1.807) is 41.8 Å². The lowest BCUT2D eigenvalue weighted by molar-refractivity contribution is 0.0887. The van der Waals surface area contributed by atoms with Crippen molar-refractivity contribution in [2.45, 2.75) is 20.1 Å². The van der Waals surface area contributed by atoms with Crippen molar-refractivity contribution >= 4 is 17.6 Å². The average Bonchev–Trinajstić information content (AvgIpc) is 3.50. The Morgan fingerprint density at radius 1 is 0.775 bits per heavy atom. The number of anilines is 1. The number of pyridine rings is 1. The monoisotopic (exact) mass is 532 g/mol. The number of rotatable bonds is 3. The van der Waals surface area contributed by atoms with Crippen LogP contribution >= 0.6 is 0 Å². The molecule has 40 heavy (non-hydrogen) atoms. The summed E-state index contributed by atoms with van der Waals surface area (Å²) in [5.41, 5.74) is 5.51. The predicted molar refractivity (Wildman–Crippen MR) is 146 cm³/mol. The first-order valence-corrected chi connectivity index (χ1v) is 12.8. The highest BCUT2D eigenvalue weighted by molar-refractivity contribution is 6.25. The van der Waals surface area contributed by atoms with Crippen molar-refractivity contribution in [1.82, 2.24) is 24.5 Å². The fourth-order valence-electron chi connectivity index (χ4n) is 5.46. The zero-order valence-corrected chi connectivity index (χ0v) is 22.1. The molecule has 0 N–H and O–H groups in total. The smallest absolute Gasteiger partial charge is 0.287 e. The third kappa shape index (κ3) is 3.53. The minimum absolute atomic E-state index is 0.120. The van der Waals surface area contributed by atoms with Gasteiger partial charge in [0.25, 0.3) is 11.8 Å². The van der Waals surface area contributed by atoms with Crippen LogP contribution in [0, 0.1) is 6.92 Å². The van der Waals surface area contributed by atoms with Crippen molar-refractivity contribution in [3.05, 3.63) is 94.9 Å². The number of ether oxygens (including phenoxy) is 2. The molecule has 198 valence electrons. The quantitative estimate of drug-likeness (QED) is 0.316. The maximum atomic E-state index is 14.3. The molecule has 0 spiro atoms. The van der Waals surface area contributed by atoms with Crippen molar-refractivity contribution < 1.29 is 19.1 Å². The number of imide groups is 1. The minimum Gasteiger partial charge on any atom is -0.488 e. The lowest BCUT2D eigenvalue weighted by Gasteiger charge is -2.22. The fraction of sp³-hybridized carbons (Fsp3) is 0.167. The first-order chi connectivity index (χ1) is 19.4. The van der Waals surface area contributed by atoms with Crippen LogP contribution in [0.2, 0.25) is 0 Å². The summed E-state index contributed by atoms with van der Waals surface area (Å²) in [6.07, 6.45) is 1.57. The molecule has 0 atom stereocenters. The minimum atomic E-state index is -0.612. The summed E-state index contributed by atoms with van der Waals surface area (Å²) in [6, 6.07) is 18.7. The van der Waals surface area contributed by atoms with Crippen LogP contribution in [0.15, 0.2) is 66.9 Å². The van der Waals surface area contributed by atoms with Crippen molar-refractivity contribution in [2.24, 2.45) is 14.1 Å². The van der Waals surface area contributed by atoms with Crippen molar-refractivity contribution in [3.63, 3.8) is 0 Å². The molecule has 3 aromatic heterocycles. The Morgan fingerprint density at radius 3 is 1.77 bits per heavy atom. The highest BCUT2D eigenvalue weighted by Crippen LogP contribution is 2.40. The second kappa shape index (κ2) is 8.91. The second-order valence-electron chi connectivity index (χ2n) is 9.81. The van der Waals surface area contributed by atoms with Crippen molar-refractivity contribution in [1.29, 1.82) is 0 Å². The van der Waals surface area contributed by atoms with Gasteiger partial charge in [-0.25, -0.2) is 9.88 Å². The standard InChI is InChI=1S/C30H24N6O4/c1-17-12-13-31-24(14-17)36(29(37)25-20-15-39-22-10-6-4-8-18(22)27(20)34(2)32-25)30(38)26-21-16-40-23-11-7-5-9-19(23)28(21)35(3)33-26/h4-14H,15-16H2,1-3H3. The lowest BCUT2D eigenvalue weighted by Crippen LogP contribution is -2.39. The Labute approximate surface area is 229 Å². The molecule has 0 fully saturated rings. The number of fused-ring (bicyclic) bond motifs is 6. The number of amides is 2. The van der Waals surface area contributed by atoms with E-state index >= 15 is 0 Å². The summed E-state index contributed by atoms with van der Waals surface area (Å²) >= 11 is 0. The molecule has 0 saturated carbocycles. The van der Waals surface area contributed by atoms with Gasteiger partial charge in [0, 0.05) is 42.5 Å². The van der Waals surface area contributed by atoms with Gasteiger partial charge in [0.1, 0.15) is 30.5 Å². The Balaban J connectivity index is 1.37. The Kier molecular flexibility index (Phi) is 5.31. The SMILES string of the molecule is Cc1ccnc(N(C(=O)c2nn(C)c3c2COc2ccccc2-3)C(=O)c2nn(C)c3c2COc2ccccc2-3)c1. The molecule has 0 saturated heterocycles. The number of hydrogen-bond acceptors (Lipinski definition) is 7. The molecule has 2 aliphatic heterocycles. The average molecular weight is 533 g/mol. The topological polar surface area (TPSA) is 104 Å². The van der Waals surface area contributed by atoms with Crippen molar-refractivity contribution in [2.75, 3.05) is 4.90 Å². The third-order valence-electron chi connectivity index (χ3n) is 7.26. The van der Waals surface area contributed by atoms with Gasteiger partial charge in [0.2, 0.25) is 0 Å². The van der Waals surface area contributed by atoms with Crippen LogP contribution in [0.25, 0.3) is 22.5 Å². The maximum absolute atomic E-state index is 14.3. The van der Waals surface area contributed by atoms with E-state index in [1.165, 1.54) is 0 Å². The largest absolute Gasteiger partial charge is 0.488 e. The molecular formula is C30H24N6O4. The molecule has 5 heterocycles. The van der Waals surface area contributed by atoms with E-state index in [-0.39, 0.29) is 30.4 Å². The lowest BCUT2D eigenvalue weighted by atomic mass is 10.0. The molecule has 2 aliphatic rings. The highest BCUT2D eigenvalue weighted by Gasteiger charge is 2.38. The molecule has 2 amide bonds. The molecule has 5 aromatic rings. The van der Waals surface area contributed by atoms with E-state index in [9.17, 15) is 9.59 Å². The molecule has 7 rings (SSSR count). The van der Waals surface area contributed by atoms with Gasteiger partial charge in [-0.3, -0.25) is 19.0 Å². The number of hydrogen-bond donors (Lipinski definition) is 0. The van der Waals surface area contributed by atoms with E-state index in [4.69, 9.17) is 9.47 Å². The molecule has 10 nitrogen and oxygen atoms in total. The first kappa shape index (κ1) is 23.8. The van der Waals surface area contributed by atoms with Crippen LogP contribution < -0.4 is 14.4 Å². The molecule has 0 bridgehead atoms. The van der Waals surface area contributed by atoms with Gasteiger partial charge in [-0.05, 0) is 48.9 Å². The number of carbonyl (C=O) groups is 2. The van der Waals surface area contributed by atoms with E-state index in [0.29, 0.717) is 22.6 Å². The second-order valence-corrected chi connectivity index (χ2v) is 9.81. The Morgan fingerprint density at radius 2 is 1.27 bits per heavy atom. The maximum Gasteiger partial charge on any atom is 0.287 e. The molecule has 0 aliphatic carbocycles. The Bertz CT molecular complexity index is 1740. The zero-order chi connectivity index (χ0) is 27.5. The van der Waals surface area contributed by atoms with E-state index in [1.807, 2.05) is 55.5 Å². The zero-order valence-electron chi connectivity index (χ0n) is 22.1. The molecule has 0 unspecified atom stereocenters. The van der Waals surface area contributed by atoms with Crippen LogP contribution in [0.3, 0.4) is 0 Å². The van der Waals surface area contributed by atoms with Crippen LogP contribution in [-0.4, -0.2) is 36.4 Å². The summed E-state index contributed by atoms with van der Waals surface area (Å²) in [6.45, 7) is 2.17. The van der Waals surface area contributed by atoms with Gasteiger partial charge in [0.15, 0.2) is 11.4 Å². The molecule has 0 radical (unpaired) electrons. The predicted octanol–water partition coefficient (Wildman–Crippen LogP) is 4.46. The van der Waals surface area contributed by atoms with Gasteiger partial charge in [-0.2, -0.15) is 10.2 Å². The van der Waals surface area contributed by atoms with Gasteiger partial charge in [-0.15, -0.1) is 0 Å². The van der Waals surface area contributed by atoms with Crippen LogP contribution in [-0.2, 0) is 27.3 Å². The van der Waals surface area contributed by atoms with Crippen LogP contribution in [0.5, 0.6) is 11.5 Å². The number of nitrogens with zero attached hydrogens (tertiary/aromatic N) is 6. The summed E-state index contributed by atoms with van der Waals surface area (Å²) in [5.74, 6) is 0.387. The highest BCUT2D eigenvalue weighted by atomic mass is 16.5. The van der Waals surface area contributed by atoms with Crippen LogP contribution in [0.4, 0.5) is 5.82 Å². The molecular weight excluding hydrogens is 508 g/mol. The Hall–Kier alpha value is -5.25. The summed E-state index contributed by atoms with van der Waals surface area (Å²) in [7, 11) is 3.55. The first-order valence-electron chi connectivity index (χ1n) is 12.8. The van der Waals surface area contributed by atoms with Gasteiger partial charge < -0.3 is 9.47 Å². The molecule has 2 aromatic carbocycles.